The van der Waals surface area contributed by atoms with Crippen LogP contribution in [0.15, 0.2) is 47.5 Å². The maximum atomic E-state index is 12.2. The van der Waals surface area contributed by atoms with Crippen LogP contribution in [-0.2, 0) is 16.6 Å². The zero-order valence-electron chi connectivity index (χ0n) is 12.3. The van der Waals surface area contributed by atoms with Crippen molar-refractivity contribution in [3.05, 3.63) is 59.4 Å². The van der Waals surface area contributed by atoms with Gasteiger partial charge in [-0.3, -0.25) is 4.98 Å². The average molecular weight is 332 g/mol. The van der Waals surface area contributed by atoms with Crippen LogP contribution >= 0.6 is 0 Å². The Morgan fingerprint density at radius 2 is 1.87 bits per heavy atom. The molecule has 1 aliphatic rings. The highest BCUT2D eigenvalue weighted by atomic mass is 32.2. The van der Waals surface area contributed by atoms with Crippen molar-refractivity contribution < 1.29 is 18.3 Å². The Balaban J connectivity index is 1.66. The highest BCUT2D eigenvalue weighted by Gasteiger charge is 2.24. The van der Waals surface area contributed by atoms with Gasteiger partial charge in [0.2, 0.25) is 10.0 Å². The van der Waals surface area contributed by atoms with Gasteiger partial charge in [-0.1, -0.05) is 12.1 Å². The number of carboxylic acid groups (broad SMARTS) is 1. The van der Waals surface area contributed by atoms with Gasteiger partial charge in [-0.2, -0.15) is 0 Å². The number of nitrogens with one attached hydrogen (secondary N) is 1. The minimum atomic E-state index is -3.61. The summed E-state index contributed by atoms with van der Waals surface area (Å²) in [7, 11) is -3.61. The maximum absolute atomic E-state index is 12.2. The summed E-state index contributed by atoms with van der Waals surface area (Å²) in [5, 5.41) is 8.80. The third kappa shape index (κ3) is 3.75. The first-order chi connectivity index (χ1) is 11.0. The number of rotatable bonds is 6. The molecule has 1 aromatic carbocycles. The molecule has 1 aromatic heterocycles. The lowest BCUT2D eigenvalue weighted by molar-refractivity contribution is 0.0696. The Hall–Kier alpha value is -2.25. The second-order valence-electron chi connectivity index (χ2n) is 5.51. The molecule has 0 unspecified atom stereocenters. The lowest BCUT2D eigenvalue weighted by Crippen LogP contribution is -2.23. The van der Waals surface area contributed by atoms with E-state index in [4.69, 9.17) is 5.11 Å². The van der Waals surface area contributed by atoms with E-state index < -0.39 is 16.0 Å². The minimum Gasteiger partial charge on any atom is -0.478 e. The molecule has 7 heteroatoms. The van der Waals surface area contributed by atoms with E-state index in [9.17, 15) is 13.2 Å². The number of pyridine rings is 1. The van der Waals surface area contributed by atoms with Gasteiger partial charge in [-0.05, 0) is 48.6 Å². The monoisotopic (exact) mass is 332 g/mol. The molecular weight excluding hydrogens is 316 g/mol. The second-order valence-corrected chi connectivity index (χ2v) is 7.28. The third-order valence-corrected chi connectivity index (χ3v) is 5.17. The SMILES string of the molecule is O=C(O)c1ccc(CNS(=O)(=O)c2ccc(C3CC3)cc2)nc1. The first-order valence-electron chi connectivity index (χ1n) is 7.23. The molecule has 0 aliphatic heterocycles. The molecule has 0 radical (unpaired) electrons. The fourth-order valence-electron chi connectivity index (χ4n) is 2.24. The van der Waals surface area contributed by atoms with E-state index in [1.807, 2.05) is 12.1 Å². The number of benzene rings is 1. The van der Waals surface area contributed by atoms with Crippen molar-refractivity contribution in [2.45, 2.75) is 30.2 Å². The Kier molecular flexibility index (Phi) is 4.14. The molecule has 0 amide bonds. The fraction of sp³-hybridized carbons (Fsp3) is 0.250. The number of hydrogen-bond donors (Lipinski definition) is 2. The van der Waals surface area contributed by atoms with E-state index in [1.54, 1.807) is 12.1 Å². The van der Waals surface area contributed by atoms with E-state index in [-0.39, 0.29) is 17.0 Å². The number of carboxylic acids is 1. The highest BCUT2D eigenvalue weighted by molar-refractivity contribution is 7.89. The lowest BCUT2D eigenvalue weighted by atomic mass is 10.1. The first kappa shape index (κ1) is 15.6. The van der Waals surface area contributed by atoms with Gasteiger partial charge >= 0.3 is 5.97 Å². The van der Waals surface area contributed by atoms with Crippen LogP contribution in [0.25, 0.3) is 0 Å². The number of hydrogen-bond acceptors (Lipinski definition) is 4. The number of sulfonamides is 1. The van der Waals surface area contributed by atoms with Gasteiger partial charge in [-0.15, -0.1) is 0 Å². The van der Waals surface area contributed by atoms with E-state index in [2.05, 4.69) is 9.71 Å². The van der Waals surface area contributed by atoms with Crippen LogP contribution in [0, 0.1) is 0 Å². The van der Waals surface area contributed by atoms with Crippen LogP contribution in [0.3, 0.4) is 0 Å². The molecule has 0 spiro atoms. The van der Waals surface area contributed by atoms with Crippen molar-refractivity contribution in [2.75, 3.05) is 0 Å². The van der Waals surface area contributed by atoms with E-state index in [1.165, 1.54) is 36.7 Å². The van der Waals surface area contributed by atoms with E-state index >= 15 is 0 Å². The molecule has 23 heavy (non-hydrogen) atoms. The number of aromatic carboxylic acids is 1. The molecule has 120 valence electrons. The summed E-state index contributed by atoms with van der Waals surface area (Å²) in [6.07, 6.45) is 3.54. The molecule has 6 nitrogen and oxygen atoms in total. The van der Waals surface area contributed by atoms with Crippen molar-refractivity contribution >= 4 is 16.0 Å². The second kappa shape index (κ2) is 6.10. The molecule has 1 aliphatic carbocycles. The van der Waals surface area contributed by atoms with Gasteiger partial charge in [0.05, 0.1) is 22.7 Å². The lowest BCUT2D eigenvalue weighted by Gasteiger charge is -2.07. The number of carbonyl (C=O) groups is 1. The Morgan fingerprint density at radius 3 is 2.39 bits per heavy atom. The van der Waals surface area contributed by atoms with Crippen LogP contribution in [0.1, 0.15) is 40.4 Å². The normalized spacial score (nSPS) is 14.6. The molecule has 1 heterocycles. The smallest absolute Gasteiger partial charge is 0.337 e. The zero-order valence-corrected chi connectivity index (χ0v) is 13.1. The third-order valence-electron chi connectivity index (χ3n) is 3.75. The molecular formula is C16H16N2O4S. The summed E-state index contributed by atoms with van der Waals surface area (Å²) >= 11 is 0. The molecule has 0 atom stereocenters. The van der Waals surface area contributed by atoms with Gasteiger partial charge in [0.15, 0.2) is 0 Å². The molecule has 0 bridgehead atoms. The summed E-state index contributed by atoms with van der Waals surface area (Å²) in [6, 6.07) is 9.80. The first-order valence-corrected chi connectivity index (χ1v) is 8.72. The van der Waals surface area contributed by atoms with E-state index in [0.29, 0.717) is 11.6 Å². The molecule has 2 aromatic rings. The highest BCUT2D eigenvalue weighted by Crippen LogP contribution is 2.40. The molecule has 2 N–H and O–H groups in total. The predicted molar refractivity (Wildman–Crippen MR) is 83.6 cm³/mol. The Bertz CT molecular complexity index is 810. The Labute approximate surface area is 134 Å². The topological polar surface area (TPSA) is 96.4 Å². The predicted octanol–water partition coefficient (Wildman–Crippen LogP) is 2.14. The summed E-state index contributed by atoms with van der Waals surface area (Å²) < 4.78 is 27.0. The molecule has 3 rings (SSSR count). The molecule has 1 fully saturated rings. The van der Waals surface area contributed by atoms with Crippen molar-refractivity contribution in [1.82, 2.24) is 9.71 Å². The van der Waals surface area contributed by atoms with Gasteiger partial charge in [-0.25, -0.2) is 17.9 Å². The maximum Gasteiger partial charge on any atom is 0.337 e. The van der Waals surface area contributed by atoms with E-state index in [0.717, 1.165) is 0 Å². The largest absolute Gasteiger partial charge is 0.478 e. The molecule has 1 saturated carbocycles. The standard InChI is InChI=1S/C16H16N2O4S/c19-16(20)13-3-6-14(17-9-13)10-18-23(21,22)15-7-4-12(5-8-15)11-1-2-11/h3-9,11,18H,1-2,10H2,(H,19,20). The van der Waals surface area contributed by atoms with Crippen molar-refractivity contribution in [3.63, 3.8) is 0 Å². The van der Waals surface area contributed by atoms with Crippen LogP contribution in [0.2, 0.25) is 0 Å². The van der Waals surface area contributed by atoms with Gasteiger partial charge in [0, 0.05) is 6.20 Å². The van der Waals surface area contributed by atoms with Gasteiger partial charge < -0.3 is 5.11 Å². The quantitative estimate of drug-likeness (QED) is 0.845. The summed E-state index contributed by atoms with van der Waals surface area (Å²) in [6.45, 7) is 0.00656. The fourth-order valence-corrected chi connectivity index (χ4v) is 3.24. The summed E-state index contributed by atoms with van der Waals surface area (Å²) in [5.74, 6) is -0.489. The van der Waals surface area contributed by atoms with Crippen molar-refractivity contribution in [1.29, 1.82) is 0 Å². The zero-order chi connectivity index (χ0) is 16.4. The van der Waals surface area contributed by atoms with Crippen molar-refractivity contribution in [2.24, 2.45) is 0 Å². The average Bonchev–Trinajstić information content (AvgIpc) is 3.38. The number of nitrogens with zero attached hydrogens (tertiary/aromatic N) is 1. The summed E-state index contributed by atoms with van der Waals surface area (Å²) in [5.41, 5.74) is 1.69. The van der Waals surface area contributed by atoms with Crippen LogP contribution in [0.5, 0.6) is 0 Å². The molecule has 0 saturated heterocycles. The van der Waals surface area contributed by atoms with Crippen LogP contribution in [0.4, 0.5) is 0 Å². The summed E-state index contributed by atoms with van der Waals surface area (Å²) in [4.78, 5) is 14.9. The van der Waals surface area contributed by atoms with Crippen LogP contribution in [-0.4, -0.2) is 24.5 Å². The van der Waals surface area contributed by atoms with Gasteiger partial charge in [0.25, 0.3) is 0 Å². The Morgan fingerprint density at radius 1 is 1.17 bits per heavy atom. The van der Waals surface area contributed by atoms with Gasteiger partial charge in [0.1, 0.15) is 0 Å². The minimum absolute atomic E-state index is 0.00656. The number of aromatic nitrogens is 1. The van der Waals surface area contributed by atoms with Crippen LogP contribution < -0.4 is 4.72 Å². The van der Waals surface area contributed by atoms with Crippen molar-refractivity contribution in [3.8, 4) is 0 Å².